The first kappa shape index (κ1) is 50.5. The molecule has 4 unspecified atom stereocenters. The van der Waals surface area contributed by atoms with Gasteiger partial charge in [0, 0.05) is 0 Å². The van der Waals surface area contributed by atoms with Crippen molar-refractivity contribution < 1.29 is 128 Å². The van der Waals surface area contributed by atoms with Crippen molar-refractivity contribution in [2.45, 2.75) is 24.4 Å². The van der Waals surface area contributed by atoms with Crippen molar-refractivity contribution in [2.24, 2.45) is 0 Å². The van der Waals surface area contributed by atoms with E-state index in [4.69, 9.17) is 20.4 Å². The number of rotatable bonds is 6. The molecule has 144 valence electrons. The molecule has 0 saturated heterocycles. The van der Waals surface area contributed by atoms with E-state index in [2.05, 4.69) is 0 Å². The second-order valence-electron chi connectivity index (χ2n) is 3.06. The first-order valence-electron chi connectivity index (χ1n) is 4.49. The number of carbonyl (C=O) groups excluding carboxylic acids is 4. The molecule has 0 aliphatic heterocycles. The number of hydrogen-bond acceptors (Lipinski definition) is 12. The smallest absolute Gasteiger partial charge is 0.547 e. The molecule has 0 bridgehead atoms. The summed E-state index contributed by atoms with van der Waals surface area (Å²) in [6, 6.07) is 0. The van der Waals surface area contributed by atoms with Gasteiger partial charge < -0.3 is 76.5 Å². The van der Waals surface area contributed by atoms with Gasteiger partial charge in [0.1, 0.15) is 24.4 Å². The zero-order valence-electron chi connectivity index (χ0n) is 12.8. The van der Waals surface area contributed by atoms with Crippen LogP contribution < -0.4 is 71.8 Å². The Bertz CT molecular complexity index is 322. The number of hydrogen-bond donors (Lipinski definition) is 4. The fraction of sp³-hybridized carbons (Fsp3) is 0.500. The van der Waals surface area contributed by atoms with Gasteiger partial charge in [-0.2, -0.15) is 0 Å². The van der Waals surface area contributed by atoms with Crippen LogP contribution >= 0.6 is 0 Å². The molecule has 0 aromatic heterocycles. The Balaban J connectivity index is -0.0000000337. The van der Waals surface area contributed by atoms with Gasteiger partial charge in [-0.15, -0.1) is 0 Å². The molecular formula is C8H14KO15Sb2+3. The zero-order valence-corrected chi connectivity index (χ0v) is 21.0. The Hall–Kier alpha value is 0.873. The van der Waals surface area contributed by atoms with E-state index >= 15 is 0 Å². The zero-order chi connectivity index (χ0) is 16.6. The third kappa shape index (κ3) is 22.9. The molecule has 0 amide bonds. The maximum Gasteiger partial charge on any atom is 3.00 e. The first-order chi connectivity index (χ1) is 8.93. The normalized spacial score (nSPS) is 12.2. The molecule has 0 rings (SSSR count). The standard InChI is InChI=1S/2C4H6O6.K.3H2O.2Sb/c2*5-1(3(7)8)2(6)4(9)10;;;;;;/h2*1-2,5-6H,(H,7,8)(H,9,10);;3*1H2;;/q;;+1;;;;2*+3/p-4. The van der Waals surface area contributed by atoms with Crippen molar-refractivity contribution >= 4 is 72.7 Å². The Morgan fingerprint density at radius 3 is 0.615 bits per heavy atom. The van der Waals surface area contributed by atoms with Crippen LogP contribution in [0.4, 0.5) is 0 Å². The minimum Gasteiger partial charge on any atom is -0.547 e. The van der Waals surface area contributed by atoms with Gasteiger partial charge in [0.25, 0.3) is 0 Å². The number of carboxylic acids is 4. The molecule has 4 atom stereocenters. The minimum absolute atomic E-state index is 0. The van der Waals surface area contributed by atoms with Crippen LogP contribution in [0.2, 0.25) is 0 Å². The van der Waals surface area contributed by atoms with Crippen LogP contribution in [-0.4, -0.2) is 134 Å². The van der Waals surface area contributed by atoms with E-state index in [-0.39, 0.29) is 117 Å². The van der Waals surface area contributed by atoms with E-state index < -0.39 is 48.3 Å². The van der Waals surface area contributed by atoms with Gasteiger partial charge in [-0.25, -0.2) is 0 Å². The van der Waals surface area contributed by atoms with Crippen LogP contribution in [0.1, 0.15) is 0 Å². The first-order valence-corrected chi connectivity index (χ1v) is 4.49. The van der Waals surface area contributed by atoms with Crippen LogP contribution in [0.3, 0.4) is 0 Å². The van der Waals surface area contributed by atoms with E-state index in [9.17, 15) is 39.6 Å². The van der Waals surface area contributed by atoms with E-state index in [1.165, 1.54) is 0 Å². The van der Waals surface area contributed by atoms with Gasteiger partial charge in [-0.1, -0.05) is 0 Å². The van der Waals surface area contributed by atoms with Crippen molar-refractivity contribution in [3.05, 3.63) is 0 Å². The molecule has 18 heteroatoms. The van der Waals surface area contributed by atoms with Crippen LogP contribution in [-0.2, 0) is 19.2 Å². The molecule has 0 spiro atoms. The summed E-state index contributed by atoms with van der Waals surface area (Å²) in [5.41, 5.74) is 0. The maximum atomic E-state index is 9.63. The van der Waals surface area contributed by atoms with E-state index in [1.54, 1.807) is 0 Å². The molecule has 26 heavy (non-hydrogen) atoms. The Kier molecular flexibility index (Phi) is 50.3. The SMILES string of the molecule is O.O.O.O=C([O-])C(O)C(O)C(=O)[O-].O=C([O-])C(O)C(O)C(=O)[O-].[K+].[Sb+3].[Sb+3]. The summed E-state index contributed by atoms with van der Waals surface area (Å²) in [6.07, 6.45) is -9.76. The van der Waals surface area contributed by atoms with Crippen LogP contribution in [0.5, 0.6) is 0 Å². The van der Waals surface area contributed by atoms with E-state index in [0.29, 0.717) is 0 Å². The average Bonchev–Trinajstić information content (AvgIpc) is 2.35. The summed E-state index contributed by atoms with van der Waals surface area (Å²) in [5, 5.41) is 71.5. The monoisotopic (exact) mass is 631 g/mol. The van der Waals surface area contributed by atoms with E-state index in [0.717, 1.165) is 0 Å². The molecule has 0 heterocycles. The van der Waals surface area contributed by atoms with Crippen LogP contribution in [0.25, 0.3) is 0 Å². The van der Waals surface area contributed by atoms with Crippen LogP contribution in [0.15, 0.2) is 0 Å². The number of aliphatic hydroxyl groups excluding tert-OH is 4. The summed E-state index contributed by atoms with van der Waals surface area (Å²) in [4.78, 5) is 38.5. The van der Waals surface area contributed by atoms with Crippen molar-refractivity contribution in [1.29, 1.82) is 0 Å². The number of carbonyl (C=O) groups is 4. The fourth-order valence-electron chi connectivity index (χ4n) is 0.516. The molecule has 4 radical (unpaired) electrons. The number of aliphatic hydroxyl groups is 4. The van der Waals surface area contributed by atoms with Crippen LogP contribution in [0, 0.1) is 0 Å². The quantitative estimate of drug-likeness (QED) is 0.198. The summed E-state index contributed by atoms with van der Waals surface area (Å²) < 4.78 is 0. The number of carboxylic acid groups (broad SMARTS) is 4. The predicted molar refractivity (Wildman–Crippen MR) is 66.4 cm³/mol. The summed E-state index contributed by atoms with van der Waals surface area (Å²) >= 11 is 0. The molecule has 0 aliphatic carbocycles. The molecule has 0 fully saturated rings. The van der Waals surface area contributed by atoms with Crippen molar-refractivity contribution in [3.8, 4) is 0 Å². The van der Waals surface area contributed by atoms with Crippen molar-refractivity contribution in [3.63, 3.8) is 0 Å². The van der Waals surface area contributed by atoms with Gasteiger partial charge in [-0.3, -0.25) is 0 Å². The third-order valence-electron chi connectivity index (χ3n) is 1.56. The molecular weight excluding hydrogens is 619 g/mol. The topological polar surface area (TPSA) is 336 Å². The van der Waals surface area contributed by atoms with Gasteiger partial charge >= 0.3 is 100 Å². The number of aliphatic carboxylic acids is 4. The third-order valence-corrected chi connectivity index (χ3v) is 1.56. The van der Waals surface area contributed by atoms with Crippen molar-refractivity contribution in [2.75, 3.05) is 0 Å². The molecule has 0 aliphatic rings. The summed E-state index contributed by atoms with van der Waals surface area (Å²) in [7, 11) is 0. The van der Waals surface area contributed by atoms with E-state index in [1.807, 2.05) is 0 Å². The van der Waals surface area contributed by atoms with Gasteiger partial charge in [0.15, 0.2) is 0 Å². The Morgan fingerprint density at radius 1 is 0.500 bits per heavy atom. The average molecular weight is 633 g/mol. The second kappa shape index (κ2) is 25.9. The molecule has 0 aromatic rings. The predicted octanol–water partition coefficient (Wildman–Crippen LogP) is -15.8. The molecule has 15 nitrogen and oxygen atoms in total. The maximum absolute atomic E-state index is 9.63. The second-order valence-corrected chi connectivity index (χ2v) is 3.06. The molecule has 0 aromatic carbocycles. The van der Waals surface area contributed by atoms with Gasteiger partial charge in [-0.05, 0) is 0 Å². The Labute approximate surface area is 222 Å². The molecule has 10 N–H and O–H groups in total. The summed E-state index contributed by atoms with van der Waals surface area (Å²) in [5.74, 6) is -8.23. The minimum atomic E-state index is -2.44. The van der Waals surface area contributed by atoms with Crippen molar-refractivity contribution in [1.82, 2.24) is 0 Å². The largest absolute Gasteiger partial charge is 3.00 e. The van der Waals surface area contributed by atoms with Gasteiger partial charge in [0.2, 0.25) is 0 Å². The summed E-state index contributed by atoms with van der Waals surface area (Å²) in [6.45, 7) is 0. The molecule has 0 saturated carbocycles. The fourth-order valence-corrected chi connectivity index (χ4v) is 0.516. The van der Waals surface area contributed by atoms with Gasteiger partial charge in [0.05, 0.1) is 23.9 Å². The Morgan fingerprint density at radius 2 is 0.577 bits per heavy atom.